The van der Waals surface area contributed by atoms with Gasteiger partial charge in [0.25, 0.3) is 0 Å². The first-order valence-corrected chi connectivity index (χ1v) is 7.39. The van der Waals surface area contributed by atoms with Gasteiger partial charge in [-0.25, -0.2) is 8.78 Å². The molecule has 0 radical (unpaired) electrons. The van der Waals surface area contributed by atoms with E-state index in [0.29, 0.717) is 12.8 Å². The first-order chi connectivity index (χ1) is 8.87. The standard InChI is InChI=1S/C16H21ClF2/c1-11-5-6-12(2)14(8-11)9-15(17)13-4-3-7-16(18,19)10-13/h5-6,8,13,15H,3-4,7,9-10H2,1-2H3. The van der Waals surface area contributed by atoms with E-state index in [9.17, 15) is 8.78 Å². The number of halogens is 3. The molecule has 2 atom stereocenters. The van der Waals surface area contributed by atoms with E-state index < -0.39 is 5.92 Å². The average Bonchev–Trinajstić information content (AvgIpc) is 2.32. The second-order valence-electron chi connectivity index (χ2n) is 5.86. The maximum Gasteiger partial charge on any atom is 0.248 e. The van der Waals surface area contributed by atoms with E-state index in [0.717, 1.165) is 6.42 Å². The van der Waals surface area contributed by atoms with Crippen LogP contribution in [0.4, 0.5) is 8.78 Å². The lowest BCUT2D eigenvalue weighted by Crippen LogP contribution is -2.31. The number of hydrogen-bond acceptors (Lipinski definition) is 0. The predicted molar refractivity (Wildman–Crippen MR) is 76.2 cm³/mol. The summed E-state index contributed by atoms with van der Waals surface area (Å²) in [6, 6.07) is 6.26. The Morgan fingerprint density at radius 1 is 1.37 bits per heavy atom. The Kier molecular flexibility index (Phi) is 4.50. The van der Waals surface area contributed by atoms with Gasteiger partial charge < -0.3 is 0 Å². The summed E-state index contributed by atoms with van der Waals surface area (Å²) < 4.78 is 26.9. The number of rotatable bonds is 3. The highest BCUT2D eigenvalue weighted by molar-refractivity contribution is 6.20. The smallest absolute Gasteiger partial charge is 0.207 e. The monoisotopic (exact) mass is 286 g/mol. The van der Waals surface area contributed by atoms with Crippen LogP contribution in [0.3, 0.4) is 0 Å². The van der Waals surface area contributed by atoms with Crippen LogP contribution in [0.25, 0.3) is 0 Å². The second kappa shape index (κ2) is 5.78. The van der Waals surface area contributed by atoms with Gasteiger partial charge in [-0.05, 0) is 50.2 Å². The second-order valence-corrected chi connectivity index (χ2v) is 6.42. The lowest BCUT2D eigenvalue weighted by molar-refractivity contribution is -0.0528. The van der Waals surface area contributed by atoms with Crippen LogP contribution < -0.4 is 0 Å². The molecule has 2 unspecified atom stereocenters. The molecule has 0 saturated heterocycles. The number of alkyl halides is 3. The minimum Gasteiger partial charge on any atom is -0.207 e. The fraction of sp³-hybridized carbons (Fsp3) is 0.625. The molecule has 0 aliphatic heterocycles. The third-order valence-corrected chi connectivity index (χ3v) is 4.62. The molecule has 0 heterocycles. The van der Waals surface area contributed by atoms with E-state index >= 15 is 0 Å². The van der Waals surface area contributed by atoms with Crippen molar-refractivity contribution in [1.29, 1.82) is 0 Å². The molecule has 1 saturated carbocycles. The van der Waals surface area contributed by atoms with Crippen molar-refractivity contribution in [1.82, 2.24) is 0 Å². The fourth-order valence-electron chi connectivity index (χ4n) is 2.92. The van der Waals surface area contributed by atoms with Gasteiger partial charge in [-0.1, -0.05) is 23.8 Å². The molecular weight excluding hydrogens is 266 g/mol. The van der Waals surface area contributed by atoms with Crippen LogP contribution in [-0.2, 0) is 6.42 Å². The number of aryl methyl sites for hydroxylation is 2. The van der Waals surface area contributed by atoms with Crippen LogP contribution in [0.15, 0.2) is 18.2 Å². The first kappa shape index (κ1) is 14.8. The molecule has 1 aliphatic carbocycles. The van der Waals surface area contributed by atoms with E-state index in [2.05, 4.69) is 18.2 Å². The Morgan fingerprint density at radius 2 is 2.11 bits per heavy atom. The summed E-state index contributed by atoms with van der Waals surface area (Å²) in [7, 11) is 0. The zero-order valence-corrected chi connectivity index (χ0v) is 12.3. The first-order valence-electron chi connectivity index (χ1n) is 6.95. The number of hydrogen-bond donors (Lipinski definition) is 0. The minimum atomic E-state index is -2.52. The Morgan fingerprint density at radius 3 is 2.79 bits per heavy atom. The summed E-state index contributed by atoms with van der Waals surface area (Å²) in [6.07, 6.45) is 2.08. The van der Waals surface area contributed by atoms with Crippen LogP contribution in [0.1, 0.15) is 42.4 Å². The van der Waals surface area contributed by atoms with Crippen molar-refractivity contribution < 1.29 is 8.78 Å². The average molecular weight is 287 g/mol. The lowest BCUT2D eigenvalue weighted by Gasteiger charge is -2.32. The highest BCUT2D eigenvalue weighted by Crippen LogP contribution is 2.40. The van der Waals surface area contributed by atoms with Crippen LogP contribution in [-0.4, -0.2) is 11.3 Å². The Balaban J connectivity index is 2.04. The van der Waals surface area contributed by atoms with Crippen molar-refractivity contribution in [3.8, 4) is 0 Å². The molecule has 106 valence electrons. The zero-order chi connectivity index (χ0) is 14.0. The molecule has 0 nitrogen and oxygen atoms in total. The van der Waals surface area contributed by atoms with Gasteiger partial charge in [0, 0.05) is 18.2 Å². The molecule has 1 aromatic carbocycles. The van der Waals surface area contributed by atoms with E-state index in [1.165, 1.54) is 16.7 Å². The Bertz CT molecular complexity index is 442. The maximum absolute atomic E-state index is 13.4. The van der Waals surface area contributed by atoms with Crippen molar-refractivity contribution in [2.45, 2.75) is 57.3 Å². The lowest BCUT2D eigenvalue weighted by atomic mass is 9.82. The molecule has 1 aliphatic rings. The minimum absolute atomic E-state index is 0.0244. The van der Waals surface area contributed by atoms with Crippen molar-refractivity contribution in [3.05, 3.63) is 34.9 Å². The van der Waals surface area contributed by atoms with Crippen molar-refractivity contribution >= 4 is 11.6 Å². The Labute approximate surface area is 119 Å². The van der Waals surface area contributed by atoms with Crippen molar-refractivity contribution in [2.24, 2.45) is 5.92 Å². The van der Waals surface area contributed by atoms with Gasteiger partial charge in [0.05, 0.1) is 0 Å². The molecule has 0 aromatic heterocycles. The Hall–Kier alpha value is -0.630. The molecule has 3 heteroatoms. The highest BCUT2D eigenvalue weighted by Gasteiger charge is 2.38. The third-order valence-electron chi connectivity index (χ3n) is 4.11. The third kappa shape index (κ3) is 3.92. The summed E-state index contributed by atoms with van der Waals surface area (Å²) >= 11 is 6.41. The topological polar surface area (TPSA) is 0 Å². The molecule has 0 amide bonds. The predicted octanol–water partition coefficient (Wildman–Crippen LogP) is 5.28. The summed E-state index contributed by atoms with van der Waals surface area (Å²) in [4.78, 5) is 0. The SMILES string of the molecule is Cc1ccc(C)c(CC(Cl)C2CCCC(F)(F)C2)c1. The van der Waals surface area contributed by atoms with Crippen LogP contribution in [0.2, 0.25) is 0 Å². The number of benzene rings is 1. The normalized spacial score (nSPS) is 24.2. The molecule has 19 heavy (non-hydrogen) atoms. The van der Waals surface area contributed by atoms with Crippen LogP contribution in [0.5, 0.6) is 0 Å². The van der Waals surface area contributed by atoms with Crippen molar-refractivity contribution in [2.75, 3.05) is 0 Å². The maximum atomic E-state index is 13.4. The molecule has 2 rings (SSSR count). The van der Waals surface area contributed by atoms with Crippen LogP contribution >= 0.6 is 11.6 Å². The van der Waals surface area contributed by atoms with Gasteiger partial charge in [-0.15, -0.1) is 11.6 Å². The highest BCUT2D eigenvalue weighted by atomic mass is 35.5. The quantitative estimate of drug-likeness (QED) is 0.663. The summed E-state index contributed by atoms with van der Waals surface area (Å²) in [5.74, 6) is -2.58. The largest absolute Gasteiger partial charge is 0.248 e. The zero-order valence-electron chi connectivity index (χ0n) is 11.6. The van der Waals surface area contributed by atoms with Gasteiger partial charge in [0.1, 0.15) is 0 Å². The molecular formula is C16H21ClF2. The molecule has 1 fully saturated rings. The van der Waals surface area contributed by atoms with Gasteiger partial charge in [0.2, 0.25) is 5.92 Å². The molecule has 0 spiro atoms. The van der Waals surface area contributed by atoms with Gasteiger partial charge in [0.15, 0.2) is 0 Å². The van der Waals surface area contributed by atoms with Gasteiger partial charge in [-0.2, -0.15) is 0 Å². The van der Waals surface area contributed by atoms with Crippen LogP contribution in [0, 0.1) is 19.8 Å². The van der Waals surface area contributed by atoms with Gasteiger partial charge >= 0.3 is 0 Å². The molecule has 0 N–H and O–H groups in total. The van der Waals surface area contributed by atoms with E-state index in [1.807, 2.05) is 13.8 Å². The van der Waals surface area contributed by atoms with Gasteiger partial charge in [-0.3, -0.25) is 0 Å². The van der Waals surface area contributed by atoms with E-state index in [1.54, 1.807) is 0 Å². The fourth-order valence-corrected chi connectivity index (χ4v) is 3.30. The van der Waals surface area contributed by atoms with Crippen molar-refractivity contribution in [3.63, 3.8) is 0 Å². The van der Waals surface area contributed by atoms with E-state index in [4.69, 9.17) is 11.6 Å². The summed E-state index contributed by atoms with van der Waals surface area (Å²) in [6.45, 7) is 4.09. The molecule has 0 bridgehead atoms. The summed E-state index contributed by atoms with van der Waals surface area (Å²) in [5, 5.41) is -0.188. The summed E-state index contributed by atoms with van der Waals surface area (Å²) in [5.41, 5.74) is 3.58. The van der Waals surface area contributed by atoms with E-state index in [-0.39, 0.29) is 24.1 Å². The molecule has 1 aromatic rings.